The molecule has 5 heteroatoms. The van der Waals surface area contributed by atoms with E-state index in [0.717, 1.165) is 30.0 Å². The van der Waals surface area contributed by atoms with Crippen LogP contribution in [0, 0.1) is 0 Å². The Balaban J connectivity index is 2.16. The third kappa shape index (κ3) is 3.88. The molecule has 1 saturated heterocycles. The van der Waals surface area contributed by atoms with Gasteiger partial charge in [0.05, 0.1) is 7.11 Å². The van der Waals surface area contributed by atoms with Gasteiger partial charge in [-0.1, -0.05) is 19.9 Å². The van der Waals surface area contributed by atoms with Crippen molar-refractivity contribution in [1.82, 2.24) is 10.2 Å². The van der Waals surface area contributed by atoms with Crippen LogP contribution in [-0.4, -0.2) is 43.7 Å². The summed E-state index contributed by atoms with van der Waals surface area (Å²) in [6, 6.07) is 6.13. The van der Waals surface area contributed by atoms with E-state index < -0.39 is 0 Å². The monoisotopic (exact) mass is 292 g/mol. The van der Waals surface area contributed by atoms with E-state index in [1.165, 1.54) is 0 Å². The van der Waals surface area contributed by atoms with Crippen LogP contribution in [0.1, 0.15) is 25.8 Å². The van der Waals surface area contributed by atoms with E-state index in [0.29, 0.717) is 12.6 Å². The Labute approximate surface area is 126 Å². The molecule has 0 radical (unpaired) electrons. The van der Waals surface area contributed by atoms with Crippen LogP contribution in [0.4, 0.5) is 0 Å². The smallest absolute Gasteiger partial charge is 0.263 e. The van der Waals surface area contributed by atoms with Crippen LogP contribution in [0.3, 0.4) is 0 Å². The van der Waals surface area contributed by atoms with Crippen molar-refractivity contribution in [3.05, 3.63) is 23.8 Å². The minimum Gasteiger partial charge on any atom is -0.497 e. The minimum atomic E-state index is -0.389. The zero-order valence-electron chi connectivity index (χ0n) is 13.2. The number of carbonyl (C=O) groups excluding carboxylic acids is 1. The number of ether oxygens (including phenoxy) is 2. The normalized spacial score (nSPS) is 18.4. The molecular weight excluding hydrogens is 268 g/mol. The molecule has 0 saturated carbocycles. The van der Waals surface area contributed by atoms with Crippen molar-refractivity contribution >= 4 is 5.91 Å². The maximum atomic E-state index is 12.0. The van der Waals surface area contributed by atoms with Crippen molar-refractivity contribution in [1.29, 1.82) is 0 Å². The molecule has 0 aromatic heterocycles. The fraction of sp³-hybridized carbons (Fsp3) is 0.562. The van der Waals surface area contributed by atoms with Gasteiger partial charge in [-0.15, -0.1) is 0 Å². The zero-order valence-corrected chi connectivity index (χ0v) is 13.2. The van der Waals surface area contributed by atoms with E-state index in [2.05, 4.69) is 19.2 Å². The van der Waals surface area contributed by atoms with Crippen molar-refractivity contribution in [2.75, 3.05) is 20.7 Å². The van der Waals surface area contributed by atoms with Crippen LogP contribution in [0.5, 0.6) is 11.5 Å². The molecule has 1 unspecified atom stereocenters. The van der Waals surface area contributed by atoms with Gasteiger partial charge in [-0.3, -0.25) is 4.79 Å². The summed E-state index contributed by atoms with van der Waals surface area (Å²) in [5.74, 6) is 1.49. The van der Waals surface area contributed by atoms with Gasteiger partial charge in [0.1, 0.15) is 11.5 Å². The minimum absolute atomic E-state index is 0.0422. The van der Waals surface area contributed by atoms with Crippen LogP contribution in [0.25, 0.3) is 0 Å². The van der Waals surface area contributed by atoms with Crippen LogP contribution >= 0.6 is 0 Å². The molecule has 1 aliphatic rings. The first-order chi connectivity index (χ1) is 10.0. The highest BCUT2D eigenvalue weighted by molar-refractivity contribution is 5.83. The molecule has 1 aromatic carbocycles. The van der Waals surface area contributed by atoms with Crippen LogP contribution < -0.4 is 14.8 Å². The lowest BCUT2D eigenvalue weighted by atomic mass is 10.1. The molecule has 1 aromatic rings. The zero-order chi connectivity index (χ0) is 15.4. The Kier molecular flexibility index (Phi) is 5.07. The number of nitrogens with one attached hydrogen (secondary N) is 1. The van der Waals surface area contributed by atoms with Gasteiger partial charge in [-0.25, -0.2) is 0 Å². The number of methoxy groups -OCH3 is 1. The number of likely N-dealkylation sites (tertiary alicyclic amines) is 1. The lowest BCUT2D eigenvalue weighted by Gasteiger charge is -2.18. The van der Waals surface area contributed by atoms with E-state index in [9.17, 15) is 4.79 Å². The van der Waals surface area contributed by atoms with Crippen molar-refractivity contribution in [3.8, 4) is 11.5 Å². The highest BCUT2D eigenvalue weighted by atomic mass is 16.5. The lowest BCUT2D eigenvalue weighted by molar-refractivity contribution is -0.132. The first-order valence-electron chi connectivity index (χ1n) is 7.33. The Morgan fingerprint density at radius 3 is 2.76 bits per heavy atom. The average Bonchev–Trinajstić information content (AvgIpc) is 2.77. The average molecular weight is 292 g/mol. The van der Waals surface area contributed by atoms with E-state index in [1.54, 1.807) is 19.1 Å². The van der Waals surface area contributed by atoms with E-state index >= 15 is 0 Å². The van der Waals surface area contributed by atoms with Crippen LogP contribution in [-0.2, 0) is 11.3 Å². The predicted molar refractivity (Wildman–Crippen MR) is 81.6 cm³/mol. The van der Waals surface area contributed by atoms with Gasteiger partial charge in [-0.2, -0.15) is 0 Å². The van der Waals surface area contributed by atoms with E-state index in [4.69, 9.17) is 9.47 Å². The highest BCUT2D eigenvalue weighted by Crippen LogP contribution is 2.27. The first-order valence-corrected chi connectivity index (χ1v) is 7.33. The third-order valence-corrected chi connectivity index (χ3v) is 3.62. The van der Waals surface area contributed by atoms with E-state index in [1.807, 2.05) is 18.2 Å². The van der Waals surface area contributed by atoms with Crippen molar-refractivity contribution in [3.63, 3.8) is 0 Å². The molecule has 0 spiro atoms. The summed E-state index contributed by atoms with van der Waals surface area (Å²) < 4.78 is 11.2. The predicted octanol–water partition coefficient (Wildman–Crippen LogP) is 1.80. The summed E-state index contributed by atoms with van der Waals surface area (Å²) in [7, 11) is 3.43. The summed E-state index contributed by atoms with van der Waals surface area (Å²) >= 11 is 0. The molecule has 1 amide bonds. The Morgan fingerprint density at radius 2 is 2.19 bits per heavy atom. The molecule has 1 fully saturated rings. The van der Waals surface area contributed by atoms with Gasteiger partial charge >= 0.3 is 0 Å². The van der Waals surface area contributed by atoms with Gasteiger partial charge in [0.2, 0.25) is 0 Å². The number of likely N-dealkylation sites (N-methyl/N-ethyl adjacent to an activating group) is 1. The molecule has 2 rings (SSSR count). The third-order valence-electron chi connectivity index (χ3n) is 3.62. The van der Waals surface area contributed by atoms with Gasteiger partial charge in [-0.05, 0) is 6.07 Å². The molecule has 0 aliphatic carbocycles. The number of hydrogen-bond acceptors (Lipinski definition) is 4. The Hall–Kier alpha value is -1.75. The summed E-state index contributed by atoms with van der Waals surface area (Å²) in [6.07, 6.45) is 0.337. The number of hydrogen-bond donors (Lipinski definition) is 1. The fourth-order valence-corrected chi connectivity index (χ4v) is 2.28. The van der Waals surface area contributed by atoms with Gasteiger partial charge in [0.25, 0.3) is 5.91 Å². The number of amides is 1. The summed E-state index contributed by atoms with van der Waals surface area (Å²) in [6.45, 7) is 5.64. The quantitative estimate of drug-likeness (QED) is 0.868. The molecule has 0 bridgehead atoms. The fourth-order valence-electron chi connectivity index (χ4n) is 2.28. The summed E-state index contributed by atoms with van der Waals surface area (Å²) in [5.41, 5.74) is 1.03. The topological polar surface area (TPSA) is 50.8 Å². The highest BCUT2D eigenvalue weighted by Gasteiger charge is 2.31. The van der Waals surface area contributed by atoms with E-state index in [-0.39, 0.29) is 12.0 Å². The number of benzene rings is 1. The van der Waals surface area contributed by atoms with Crippen LogP contribution in [0.2, 0.25) is 0 Å². The lowest BCUT2D eigenvalue weighted by Crippen LogP contribution is -2.30. The van der Waals surface area contributed by atoms with Gasteiger partial charge in [0, 0.05) is 44.2 Å². The Morgan fingerprint density at radius 1 is 1.43 bits per heavy atom. The number of nitrogens with zero attached hydrogens (tertiary/aromatic N) is 1. The molecule has 1 aliphatic heterocycles. The van der Waals surface area contributed by atoms with Crippen molar-refractivity contribution in [2.45, 2.75) is 39.0 Å². The largest absolute Gasteiger partial charge is 0.497 e. The maximum Gasteiger partial charge on any atom is 0.263 e. The molecule has 116 valence electrons. The molecule has 1 heterocycles. The van der Waals surface area contributed by atoms with Gasteiger partial charge < -0.3 is 19.7 Å². The maximum absolute atomic E-state index is 12.0. The number of carbonyl (C=O) groups is 1. The molecule has 1 N–H and O–H groups in total. The second-order valence-electron chi connectivity index (χ2n) is 5.66. The standard InChI is InChI=1S/C16H24N2O3/c1-11(2)17-10-12-5-6-13(20-4)9-15(12)21-14-7-8-18(3)16(14)19/h5-6,9,11,14,17H,7-8,10H2,1-4H3. The first kappa shape index (κ1) is 15.6. The molecule has 21 heavy (non-hydrogen) atoms. The second kappa shape index (κ2) is 6.80. The second-order valence-corrected chi connectivity index (χ2v) is 5.66. The van der Waals surface area contributed by atoms with Gasteiger partial charge in [0.15, 0.2) is 6.10 Å². The summed E-state index contributed by atoms with van der Waals surface area (Å²) in [5, 5.41) is 3.37. The molecule has 5 nitrogen and oxygen atoms in total. The number of rotatable bonds is 6. The molecular formula is C16H24N2O3. The summed E-state index contributed by atoms with van der Waals surface area (Å²) in [4.78, 5) is 13.7. The van der Waals surface area contributed by atoms with Crippen molar-refractivity contribution in [2.24, 2.45) is 0 Å². The van der Waals surface area contributed by atoms with Crippen molar-refractivity contribution < 1.29 is 14.3 Å². The Bertz CT molecular complexity index is 502. The SMILES string of the molecule is COc1ccc(CNC(C)C)c(OC2CCN(C)C2=O)c1. The molecule has 1 atom stereocenters. The van der Waals surface area contributed by atoms with Crippen LogP contribution in [0.15, 0.2) is 18.2 Å².